The second kappa shape index (κ2) is 5.65. The molecule has 0 saturated heterocycles. The maximum atomic E-state index is 13.5. The molecule has 3 heteroatoms. The second-order valence-corrected chi connectivity index (χ2v) is 4.56. The maximum Gasteiger partial charge on any atom is 0.126 e. The van der Waals surface area contributed by atoms with Crippen molar-refractivity contribution >= 4 is 5.84 Å². The van der Waals surface area contributed by atoms with E-state index in [2.05, 4.69) is 4.99 Å². The second-order valence-electron chi connectivity index (χ2n) is 4.56. The first-order valence-corrected chi connectivity index (χ1v) is 6.22. The average molecular weight is 256 g/mol. The summed E-state index contributed by atoms with van der Waals surface area (Å²) in [6.45, 7) is 3.64. The summed E-state index contributed by atoms with van der Waals surface area (Å²) in [6.07, 6.45) is 0. The van der Waals surface area contributed by atoms with E-state index >= 15 is 0 Å². The molecule has 2 aromatic rings. The van der Waals surface area contributed by atoms with Crippen LogP contribution in [0.4, 0.5) is 4.39 Å². The summed E-state index contributed by atoms with van der Waals surface area (Å²) in [4.78, 5) is 4.42. The molecule has 0 spiro atoms. The Labute approximate surface area is 112 Å². The molecule has 2 N–H and O–H groups in total. The molecule has 0 aliphatic rings. The van der Waals surface area contributed by atoms with Crippen molar-refractivity contribution in [2.24, 2.45) is 10.7 Å². The zero-order chi connectivity index (χ0) is 13.8. The van der Waals surface area contributed by atoms with Crippen molar-refractivity contribution in [2.75, 3.05) is 0 Å². The lowest BCUT2D eigenvalue weighted by Gasteiger charge is -2.10. The molecule has 0 saturated carbocycles. The predicted molar refractivity (Wildman–Crippen MR) is 76.7 cm³/mol. The average Bonchev–Trinajstić information content (AvgIpc) is 2.42. The zero-order valence-corrected chi connectivity index (χ0v) is 11.1. The Hall–Kier alpha value is -2.16. The molecule has 0 heterocycles. The van der Waals surface area contributed by atoms with Crippen LogP contribution in [0, 0.1) is 12.7 Å². The van der Waals surface area contributed by atoms with E-state index in [1.165, 1.54) is 6.07 Å². The highest BCUT2D eigenvalue weighted by Crippen LogP contribution is 2.20. The summed E-state index contributed by atoms with van der Waals surface area (Å²) in [5.74, 6) is 0.256. The van der Waals surface area contributed by atoms with Gasteiger partial charge in [-0.25, -0.2) is 4.39 Å². The van der Waals surface area contributed by atoms with Crippen molar-refractivity contribution in [3.8, 4) is 0 Å². The molecule has 1 atom stereocenters. The van der Waals surface area contributed by atoms with E-state index in [4.69, 9.17) is 5.73 Å². The fourth-order valence-corrected chi connectivity index (χ4v) is 1.84. The molecule has 0 bridgehead atoms. The monoisotopic (exact) mass is 256 g/mol. The SMILES string of the molecule is Cc1ccc(C(C)N=C(N)c2ccccc2)cc1F. The largest absolute Gasteiger partial charge is 0.383 e. The topological polar surface area (TPSA) is 38.4 Å². The van der Waals surface area contributed by atoms with Crippen molar-refractivity contribution in [2.45, 2.75) is 19.9 Å². The smallest absolute Gasteiger partial charge is 0.126 e. The molecular formula is C16H17FN2. The minimum absolute atomic E-state index is 0.171. The molecule has 98 valence electrons. The summed E-state index contributed by atoms with van der Waals surface area (Å²) >= 11 is 0. The third-order valence-corrected chi connectivity index (χ3v) is 3.08. The molecule has 1 unspecified atom stereocenters. The molecule has 0 amide bonds. The summed E-state index contributed by atoms with van der Waals surface area (Å²) in [5, 5.41) is 0. The van der Waals surface area contributed by atoms with Crippen molar-refractivity contribution in [3.63, 3.8) is 0 Å². The van der Waals surface area contributed by atoms with Gasteiger partial charge in [-0.2, -0.15) is 0 Å². The zero-order valence-electron chi connectivity index (χ0n) is 11.1. The van der Waals surface area contributed by atoms with Gasteiger partial charge < -0.3 is 5.73 Å². The Kier molecular flexibility index (Phi) is 3.95. The first-order valence-electron chi connectivity index (χ1n) is 6.22. The Morgan fingerprint density at radius 2 is 1.84 bits per heavy atom. The number of aryl methyl sites for hydroxylation is 1. The van der Waals surface area contributed by atoms with Gasteiger partial charge in [0.2, 0.25) is 0 Å². The van der Waals surface area contributed by atoms with Crippen LogP contribution in [0.15, 0.2) is 53.5 Å². The minimum Gasteiger partial charge on any atom is -0.383 e. The number of nitrogens with zero attached hydrogens (tertiary/aromatic N) is 1. The van der Waals surface area contributed by atoms with Crippen molar-refractivity contribution in [3.05, 3.63) is 71.0 Å². The van der Waals surface area contributed by atoms with Gasteiger partial charge in [0.15, 0.2) is 0 Å². The standard InChI is InChI=1S/C16H17FN2/c1-11-8-9-14(10-15(11)17)12(2)19-16(18)13-6-4-3-5-7-13/h3-10,12H,1-2H3,(H2,18,19). The number of halogens is 1. The van der Waals surface area contributed by atoms with Crippen LogP contribution < -0.4 is 5.73 Å². The number of amidine groups is 1. The molecule has 0 aliphatic heterocycles. The van der Waals surface area contributed by atoms with E-state index in [1.807, 2.05) is 43.3 Å². The quantitative estimate of drug-likeness (QED) is 0.661. The Balaban J connectivity index is 2.24. The lowest BCUT2D eigenvalue weighted by molar-refractivity contribution is 0.613. The normalized spacial score (nSPS) is 13.3. The molecule has 2 nitrogen and oxygen atoms in total. The first kappa shape index (κ1) is 13.3. The van der Waals surface area contributed by atoms with Gasteiger partial charge in [-0.1, -0.05) is 42.5 Å². The molecule has 2 aromatic carbocycles. The maximum absolute atomic E-state index is 13.5. The summed E-state index contributed by atoms with van der Waals surface area (Å²) in [5.41, 5.74) is 8.29. The lowest BCUT2D eigenvalue weighted by Crippen LogP contribution is -2.14. The predicted octanol–water partition coefficient (Wildman–Crippen LogP) is 3.60. The number of hydrogen-bond acceptors (Lipinski definition) is 1. The van der Waals surface area contributed by atoms with Crippen LogP contribution in [0.5, 0.6) is 0 Å². The Bertz CT molecular complexity index is 591. The van der Waals surface area contributed by atoms with E-state index < -0.39 is 0 Å². The van der Waals surface area contributed by atoms with E-state index in [1.54, 1.807) is 13.0 Å². The van der Waals surface area contributed by atoms with Gasteiger partial charge in [0, 0.05) is 5.56 Å². The van der Waals surface area contributed by atoms with Crippen LogP contribution in [0.25, 0.3) is 0 Å². The third-order valence-electron chi connectivity index (χ3n) is 3.08. The highest BCUT2D eigenvalue weighted by atomic mass is 19.1. The van der Waals surface area contributed by atoms with Crippen molar-refractivity contribution in [1.29, 1.82) is 0 Å². The number of rotatable bonds is 3. The molecule has 0 aliphatic carbocycles. The van der Waals surface area contributed by atoms with Gasteiger partial charge in [-0.15, -0.1) is 0 Å². The van der Waals surface area contributed by atoms with Gasteiger partial charge in [0.25, 0.3) is 0 Å². The van der Waals surface area contributed by atoms with Gasteiger partial charge in [-0.05, 0) is 31.0 Å². The molecule has 0 radical (unpaired) electrons. The van der Waals surface area contributed by atoms with Crippen LogP contribution in [0.1, 0.15) is 29.7 Å². The molecule has 2 rings (SSSR count). The van der Waals surface area contributed by atoms with Crippen molar-refractivity contribution in [1.82, 2.24) is 0 Å². The fraction of sp³-hybridized carbons (Fsp3) is 0.188. The highest BCUT2D eigenvalue weighted by Gasteiger charge is 2.07. The van der Waals surface area contributed by atoms with Crippen LogP contribution in [-0.4, -0.2) is 5.84 Å². The van der Waals surface area contributed by atoms with E-state index in [0.29, 0.717) is 11.4 Å². The van der Waals surface area contributed by atoms with Crippen LogP contribution in [0.2, 0.25) is 0 Å². The molecule has 0 fully saturated rings. The highest BCUT2D eigenvalue weighted by molar-refractivity contribution is 5.97. The van der Waals surface area contributed by atoms with E-state index in [0.717, 1.165) is 11.1 Å². The van der Waals surface area contributed by atoms with Crippen LogP contribution in [0.3, 0.4) is 0 Å². The number of hydrogen-bond donors (Lipinski definition) is 1. The minimum atomic E-state index is -0.210. The Morgan fingerprint density at radius 3 is 2.47 bits per heavy atom. The van der Waals surface area contributed by atoms with Gasteiger partial charge in [0.1, 0.15) is 11.7 Å². The fourth-order valence-electron chi connectivity index (χ4n) is 1.84. The summed E-state index contributed by atoms with van der Waals surface area (Å²) < 4.78 is 13.5. The third kappa shape index (κ3) is 3.19. The summed E-state index contributed by atoms with van der Waals surface area (Å²) in [7, 11) is 0. The summed E-state index contributed by atoms with van der Waals surface area (Å²) in [6, 6.07) is 14.5. The van der Waals surface area contributed by atoms with Crippen LogP contribution >= 0.6 is 0 Å². The number of nitrogens with two attached hydrogens (primary N) is 1. The van der Waals surface area contributed by atoms with Crippen molar-refractivity contribution < 1.29 is 4.39 Å². The van der Waals surface area contributed by atoms with E-state index in [-0.39, 0.29) is 11.9 Å². The molecule has 19 heavy (non-hydrogen) atoms. The van der Waals surface area contributed by atoms with Crippen LogP contribution in [-0.2, 0) is 0 Å². The number of benzene rings is 2. The first-order chi connectivity index (χ1) is 9.08. The molecular weight excluding hydrogens is 239 g/mol. The van der Waals surface area contributed by atoms with Gasteiger partial charge >= 0.3 is 0 Å². The lowest BCUT2D eigenvalue weighted by atomic mass is 10.1. The number of aliphatic imine (C=N–C) groups is 1. The Morgan fingerprint density at radius 1 is 1.16 bits per heavy atom. The van der Waals surface area contributed by atoms with E-state index in [9.17, 15) is 4.39 Å². The molecule has 0 aromatic heterocycles. The van der Waals surface area contributed by atoms with Gasteiger partial charge in [-0.3, -0.25) is 4.99 Å². The van der Waals surface area contributed by atoms with Gasteiger partial charge in [0.05, 0.1) is 6.04 Å².